The number of hydrogen-bond acceptors (Lipinski definition) is 2. The van der Waals surface area contributed by atoms with E-state index < -0.39 is 11.7 Å². The number of halogens is 2. The average Bonchev–Trinajstić information content (AvgIpc) is 2.28. The van der Waals surface area contributed by atoms with Gasteiger partial charge in [0.1, 0.15) is 11.6 Å². The average molecular weight is 357 g/mol. The molecule has 0 saturated carbocycles. The molecule has 18 heavy (non-hydrogen) atoms. The van der Waals surface area contributed by atoms with Crippen molar-refractivity contribution in [1.29, 1.82) is 0 Å². The lowest BCUT2D eigenvalue weighted by Gasteiger charge is -2.07. The molecule has 2 aromatic carbocycles. The van der Waals surface area contributed by atoms with E-state index in [9.17, 15) is 14.3 Å². The number of aromatic hydroxyl groups is 1. The highest BCUT2D eigenvalue weighted by molar-refractivity contribution is 14.1. The van der Waals surface area contributed by atoms with Crippen LogP contribution in [0.5, 0.6) is 5.75 Å². The minimum Gasteiger partial charge on any atom is -0.507 e. The lowest BCUT2D eigenvalue weighted by Crippen LogP contribution is -2.12. The molecule has 0 radical (unpaired) electrons. The van der Waals surface area contributed by atoms with Crippen molar-refractivity contribution >= 4 is 34.2 Å². The molecule has 0 heterocycles. The molecule has 2 rings (SSSR count). The third-order valence-corrected chi connectivity index (χ3v) is 2.96. The van der Waals surface area contributed by atoms with Crippen LogP contribution in [0.25, 0.3) is 0 Å². The van der Waals surface area contributed by atoms with Gasteiger partial charge in [0.05, 0.1) is 5.56 Å². The minimum absolute atomic E-state index is 0.0373. The minimum atomic E-state index is -0.585. The molecule has 2 aromatic rings. The smallest absolute Gasteiger partial charge is 0.259 e. The summed E-state index contributed by atoms with van der Waals surface area (Å²) in [4.78, 5) is 11.9. The van der Waals surface area contributed by atoms with Crippen molar-refractivity contribution in [2.45, 2.75) is 0 Å². The monoisotopic (exact) mass is 357 g/mol. The fourth-order valence-electron chi connectivity index (χ4n) is 1.46. The Labute approximate surface area is 117 Å². The summed E-state index contributed by atoms with van der Waals surface area (Å²) in [5.41, 5.74) is 0.658. The fourth-order valence-corrected chi connectivity index (χ4v) is 2.00. The SMILES string of the molecule is O=C(Nc1cccc(I)c1)c1ccc(F)cc1O. The Morgan fingerprint density at radius 2 is 2.00 bits per heavy atom. The second-order valence-corrected chi connectivity index (χ2v) is 4.87. The quantitative estimate of drug-likeness (QED) is 0.810. The standard InChI is InChI=1S/C13H9FINO2/c14-8-4-5-11(12(17)6-8)13(18)16-10-3-1-2-9(15)7-10/h1-7,17H,(H,16,18). The van der Waals surface area contributed by atoms with Gasteiger partial charge in [-0.15, -0.1) is 0 Å². The van der Waals surface area contributed by atoms with Crippen LogP contribution < -0.4 is 5.32 Å². The van der Waals surface area contributed by atoms with Crippen LogP contribution in [0.3, 0.4) is 0 Å². The van der Waals surface area contributed by atoms with E-state index in [1.165, 1.54) is 6.07 Å². The number of anilines is 1. The topological polar surface area (TPSA) is 49.3 Å². The Balaban J connectivity index is 2.22. The lowest BCUT2D eigenvalue weighted by atomic mass is 10.2. The molecule has 0 unspecified atom stereocenters. The molecule has 0 aromatic heterocycles. The number of carbonyl (C=O) groups excluding carboxylic acids is 1. The molecule has 5 heteroatoms. The molecule has 0 spiro atoms. The number of benzene rings is 2. The number of nitrogens with one attached hydrogen (secondary N) is 1. The third kappa shape index (κ3) is 2.98. The summed E-state index contributed by atoms with van der Waals surface area (Å²) < 4.78 is 13.8. The summed E-state index contributed by atoms with van der Waals surface area (Å²) >= 11 is 2.13. The summed E-state index contributed by atoms with van der Waals surface area (Å²) in [5.74, 6) is -1.44. The van der Waals surface area contributed by atoms with Crippen LogP contribution >= 0.6 is 22.6 Å². The molecule has 92 valence electrons. The van der Waals surface area contributed by atoms with E-state index in [2.05, 4.69) is 27.9 Å². The van der Waals surface area contributed by atoms with E-state index in [4.69, 9.17) is 0 Å². The van der Waals surface area contributed by atoms with E-state index in [-0.39, 0.29) is 11.3 Å². The maximum absolute atomic E-state index is 12.8. The van der Waals surface area contributed by atoms with Crippen LogP contribution in [0, 0.1) is 9.39 Å². The van der Waals surface area contributed by atoms with Gasteiger partial charge < -0.3 is 10.4 Å². The number of phenolic OH excluding ortho intramolecular Hbond substituents is 1. The number of phenols is 1. The number of rotatable bonds is 2. The van der Waals surface area contributed by atoms with Crippen molar-refractivity contribution in [3.8, 4) is 5.75 Å². The van der Waals surface area contributed by atoms with Crippen LogP contribution in [0.4, 0.5) is 10.1 Å². The van der Waals surface area contributed by atoms with E-state index in [1.807, 2.05) is 12.1 Å². The molecule has 0 bridgehead atoms. The van der Waals surface area contributed by atoms with Gasteiger partial charge in [-0.3, -0.25) is 4.79 Å². The molecular formula is C13H9FINO2. The van der Waals surface area contributed by atoms with Gasteiger partial charge >= 0.3 is 0 Å². The Kier molecular flexibility index (Phi) is 3.81. The molecule has 3 nitrogen and oxygen atoms in total. The zero-order valence-electron chi connectivity index (χ0n) is 9.15. The first kappa shape index (κ1) is 12.8. The van der Waals surface area contributed by atoms with Crippen molar-refractivity contribution in [2.75, 3.05) is 5.32 Å². The van der Waals surface area contributed by atoms with Crippen molar-refractivity contribution < 1.29 is 14.3 Å². The molecule has 1 amide bonds. The van der Waals surface area contributed by atoms with Crippen LogP contribution in [-0.2, 0) is 0 Å². The van der Waals surface area contributed by atoms with Crippen molar-refractivity contribution in [1.82, 2.24) is 0 Å². The molecule has 0 saturated heterocycles. The number of carbonyl (C=O) groups is 1. The predicted octanol–water partition coefficient (Wildman–Crippen LogP) is 3.39. The Morgan fingerprint density at radius 3 is 2.67 bits per heavy atom. The summed E-state index contributed by atoms with van der Waals surface area (Å²) in [7, 11) is 0. The maximum Gasteiger partial charge on any atom is 0.259 e. The van der Waals surface area contributed by atoms with Gasteiger partial charge in [0.25, 0.3) is 5.91 Å². The molecule has 0 aliphatic heterocycles. The van der Waals surface area contributed by atoms with Gasteiger partial charge in [-0.1, -0.05) is 6.07 Å². The summed E-state index contributed by atoms with van der Waals surface area (Å²) in [6.45, 7) is 0. The van der Waals surface area contributed by atoms with Gasteiger partial charge in [-0.25, -0.2) is 4.39 Å². The number of amides is 1. The Bertz CT molecular complexity index is 601. The molecule has 0 fully saturated rings. The van der Waals surface area contributed by atoms with E-state index in [0.717, 1.165) is 15.7 Å². The molecule has 0 aliphatic carbocycles. The Morgan fingerprint density at radius 1 is 1.22 bits per heavy atom. The highest BCUT2D eigenvalue weighted by Gasteiger charge is 2.11. The molecule has 0 aliphatic rings. The van der Waals surface area contributed by atoms with Gasteiger partial charge in [0.2, 0.25) is 0 Å². The summed E-state index contributed by atoms with van der Waals surface area (Å²) in [6.07, 6.45) is 0. The van der Waals surface area contributed by atoms with Crippen LogP contribution in [-0.4, -0.2) is 11.0 Å². The second-order valence-electron chi connectivity index (χ2n) is 3.63. The second kappa shape index (κ2) is 5.34. The first-order valence-electron chi connectivity index (χ1n) is 5.12. The fraction of sp³-hybridized carbons (Fsp3) is 0. The number of hydrogen-bond donors (Lipinski definition) is 2. The third-order valence-electron chi connectivity index (χ3n) is 2.29. The summed E-state index contributed by atoms with van der Waals surface area (Å²) in [5, 5.41) is 12.1. The summed E-state index contributed by atoms with van der Waals surface area (Å²) in [6, 6.07) is 10.5. The van der Waals surface area contributed by atoms with Gasteiger partial charge in [-0.2, -0.15) is 0 Å². The highest BCUT2D eigenvalue weighted by Crippen LogP contribution is 2.20. The first-order valence-corrected chi connectivity index (χ1v) is 6.19. The lowest BCUT2D eigenvalue weighted by molar-refractivity contribution is 0.102. The molecular weight excluding hydrogens is 348 g/mol. The molecule has 0 atom stereocenters. The van der Waals surface area contributed by atoms with Gasteiger partial charge in [-0.05, 0) is 52.9 Å². The first-order chi connectivity index (χ1) is 8.56. The Hall–Kier alpha value is -1.63. The van der Waals surface area contributed by atoms with Crippen LogP contribution in [0.15, 0.2) is 42.5 Å². The largest absolute Gasteiger partial charge is 0.507 e. The normalized spacial score (nSPS) is 10.1. The molecule has 2 N–H and O–H groups in total. The van der Waals surface area contributed by atoms with Crippen LogP contribution in [0.1, 0.15) is 10.4 Å². The zero-order chi connectivity index (χ0) is 13.1. The van der Waals surface area contributed by atoms with Crippen molar-refractivity contribution in [2.24, 2.45) is 0 Å². The van der Waals surface area contributed by atoms with Gasteiger partial charge in [0.15, 0.2) is 0 Å². The zero-order valence-corrected chi connectivity index (χ0v) is 11.3. The highest BCUT2D eigenvalue weighted by atomic mass is 127. The predicted molar refractivity (Wildman–Crippen MR) is 75.2 cm³/mol. The van der Waals surface area contributed by atoms with E-state index >= 15 is 0 Å². The van der Waals surface area contributed by atoms with Crippen molar-refractivity contribution in [3.63, 3.8) is 0 Å². The maximum atomic E-state index is 12.8. The van der Waals surface area contributed by atoms with Gasteiger partial charge in [0, 0.05) is 15.3 Å². The van der Waals surface area contributed by atoms with E-state index in [1.54, 1.807) is 12.1 Å². The van der Waals surface area contributed by atoms with E-state index in [0.29, 0.717) is 5.69 Å². The van der Waals surface area contributed by atoms with Crippen molar-refractivity contribution in [3.05, 3.63) is 57.4 Å². The van der Waals surface area contributed by atoms with Crippen LogP contribution in [0.2, 0.25) is 0 Å².